The summed E-state index contributed by atoms with van der Waals surface area (Å²) in [5, 5.41) is 9.04. The Morgan fingerprint density at radius 2 is 1.94 bits per heavy atom. The molecule has 0 saturated carbocycles. The third-order valence-electron chi connectivity index (χ3n) is 3.41. The first-order valence-corrected chi connectivity index (χ1v) is 6.00. The van der Waals surface area contributed by atoms with E-state index in [1.54, 1.807) is 6.07 Å². The zero-order valence-electron chi connectivity index (χ0n) is 10.4. The molecule has 1 aromatic carbocycles. The molecule has 0 atom stereocenters. The Hall–Kier alpha value is -1.53. The molecule has 90 valence electrons. The Kier molecular flexibility index (Phi) is 3.35. The molecule has 1 aliphatic heterocycles. The Labute approximate surface area is 103 Å². The SMILES string of the molecule is CN1CCC(C)(Oc2ccccc2C#N)CC1. The van der Waals surface area contributed by atoms with E-state index in [-0.39, 0.29) is 5.60 Å². The minimum absolute atomic E-state index is 0.139. The third-order valence-corrected chi connectivity index (χ3v) is 3.41. The lowest BCUT2D eigenvalue weighted by molar-refractivity contribution is 0.0238. The molecule has 1 aliphatic rings. The van der Waals surface area contributed by atoms with Crippen LogP contribution in [0.4, 0.5) is 0 Å². The zero-order chi connectivity index (χ0) is 12.3. The van der Waals surface area contributed by atoms with Crippen LogP contribution in [0.3, 0.4) is 0 Å². The first-order valence-electron chi connectivity index (χ1n) is 6.00. The third kappa shape index (κ3) is 2.78. The van der Waals surface area contributed by atoms with Crippen LogP contribution in [-0.4, -0.2) is 30.6 Å². The van der Waals surface area contributed by atoms with Crippen molar-refractivity contribution < 1.29 is 4.74 Å². The van der Waals surface area contributed by atoms with Crippen molar-refractivity contribution in [2.45, 2.75) is 25.4 Å². The van der Waals surface area contributed by atoms with Crippen molar-refractivity contribution in [2.24, 2.45) is 0 Å². The molecule has 1 aromatic rings. The topological polar surface area (TPSA) is 36.3 Å². The number of likely N-dealkylation sites (tertiary alicyclic amines) is 1. The van der Waals surface area contributed by atoms with E-state index in [2.05, 4.69) is 24.9 Å². The van der Waals surface area contributed by atoms with E-state index in [1.807, 2.05) is 18.2 Å². The van der Waals surface area contributed by atoms with Gasteiger partial charge in [-0.15, -0.1) is 0 Å². The molecule has 1 fully saturated rings. The maximum Gasteiger partial charge on any atom is 0.137 e. The van der Waals surface area contributed by atoms with Crippen LogP contribution in [0.5, 0.6) is 5.75 Å². The van der Waals surface area contributed by atoms with Gasteiger partial charge in [0.1, 0.15) is 17.4 Å². The number of hydrogen-bond acceptors (Lipinski definition) is 3. The van der Waals surface area contributed by atoms with E-state index in [9.17, 15) is 0 Å². The molecule has 17 heavy (non-hydrogen) atoms. The number of hydrogen-bond donors (Lipinski definition) is 0. The van der Waals surface area contributed by atoms with Gasteiger partial charge in [0.2, 0.25) is 0 Å². The number of piperidine rings is 1. The second kappa shape index (κ2) is 4.77. The fourth-order valence-electron chi connectivity index (χ4n) is 2.11. The van der Waals surface area contributed by atoms with Crippen LogP contribution < -0.4 is 4.74 Å². The van der Waals surface area contributed by atoms with Crippen LogP contribution in [0.25, 0.3) is 0 Å². The normalized spacial score (nSPS) is 19.6. The van der Waals surface area contributed by atoms with Crippen molar-refractivity contribution in [2.75, 3.05) is 20.1 Å². The molecule has 0 aromatic heterocycles. The summed E-state index contributed by atoms with van der Waals surface area (Å²) < 4.78 is 6.06. The van der Waals surface area contributed by atoms with Gasteiger partial charge in [-0.05, 0) is 38.9 Å². The predicted octanol–water partition coefficient (Wildman–Crippen LogP) is 2.42. The molecule has 2 rings (SSSR count). The van der Waals surface area contributed by atoms with Crippen molar-refractivity contribution in [1.82, 2.24) is 4.90 Å². The number of benzene rings is 1. The van der Waals surface area contributed by atoms with Gasteiger partial charge in [-0.1, -0.05) is 12.1 Å². The van der Waals surface area contributed by atoms with E-state index in [0.29, 0.717) is 11.3 Å². The van der Waals surface area contributed by atoms with Crippen LogP contribution in [0.2, 0.25) is 0 Å². The van der Waals surface area contributed by atoms with E-state index < -0.39 is 0 Å². The van der Waals surface area contributed by atoms with Crippen molar-refractivity contribution in [1.29, 1.82) is 5.26 Å². The molecule has 0 amide bonds. The Bertz CT molecular complexity index is 428. The van der Waals surface area contributed by atoms with Gasteiger partial charge in [-0.3, -0.25) is 0 Å². The van der Waals surface area contributed by atoms with Gasteiger partial charge in [-0.2, -0.15) is 5.26 Å². The molecule has 3 nitrogen and oxygen atoms in total. The number of rotatable bonds is 2. The maximum atomic E-state index is 9.04. The Balaban J connectivity index is 2.13. The molecular formula is C14H18N2O. The van der Waals surface area contributed by atoms with E-state index in [4.69, 9.17) is 10.00 Å². The van der Waals surface area contributed by atoms with Gasteiger partial charge in [0.05, 0.1) is 5.56 Å². The van der Waals surface area contributed by atoms with Crippen LogP contribution in [0.1, 0.15) is 25.3 Å². The first kappa shape index (κ1) is 11.9. The van der Waals surface area contributed by atoms with Gasteiger partial charge in [0.25, 0.3) is 0 Å². The predicted molar refractivity (Wildman–Crippen MR) is 66.9 cm³/mol. The monoisotopic (exact) mass is 230 g/mol. The summed E-state index contributed by atoms with van der Waals surface area (Å²) in [6, 6.07) is 9.63. The Morgan fingerprint density at radius 1 is 1.29 bits per heavy atom. The molecule has 3 heteroatoms. The summed E-state index contributed by atoms with van der Waals surface area (Å²) in [5.74, 6) is 0.710. The lowest BCUT2D eigenvalue weighted by atomic mass is 9.93. The number of para-hydroxylation sites is 1. The fraction of sp³-hybridized carbons (Fsp3) is 0.500. The van der Waals surface area contributed by atoms with Gasteiger partial charge in [0, 0.05) is 13.1 Å². The second-order valence-corrected chi connectivity index (χ2v) is 4.96. The molecular weight excluding hydrogens is 212 g/mol. The highest BCUT2D eigenvalue weighted by Gasteiger charge is 2.31. The zero-order valence-corrected chi connectivity index (χ0v) is 10.4. The number of ether oxygens (including phenoxy) is 1. The van der Waals surface area contributed by atoms with Gasteiger partial charge >= 0.3 is 0 Å². The molecule has 0 aliphatic carbocycles. The smallest absolute Gasteiger partial charge is 0.137 e. The van der Waals surface area contributed by atoms with Gasteiger partial charge in [-0.25, -0.2) is 0 Å². The van der Waals surface area contributed by atoms with Crippen LogP contribution in [-0.2, 0) is 0 Å². The minimum Gasteiger partial charge on any atom is -0.486 e. The van der Waals surface area contributed by atoms with Crippen LogP contribution in [0, 0.1) is 11.3 Å². The standard InChI is InChI=1S/C14H18N2O/c1-14(7-9-16(2)10-8-14)17-13-6-4-3-5-12(13)11-15/h3-6H,7-10H2,1-2H3. The molecule has 1 heterocycles. The van der Waals surface area contributed by atoms with Crippen LogP contribution >= 0.6 is 0 Å². The lowest BCUT2D eigenvalue weighted by Gasteiger charge is -2.38. The van der Waals surface area contributed by atoms with Crippen molar-refractivity contribution >= 4 is 0 Å². The molecule has 0 radical (unpaired) electrons. The highest BCUT2D eigenvalue weighted by atomic mass is 16.5. The highest BCUT2D eigenvalue weighted by molar-refractivity contribution is 5.42. The average molecular weight is 230 g/mol. The van der Waals surface area contributed by atoms with Gasteiger partial charge in [0.15, 0.2) is 0 Å². The van der Waals surface area contributed by atoms with E-state index in [0.717, 1.165) is 25.9 Å². The molecule has 0 unspecified atom stereocenters. The first-order chi connectivity index (χ1) is 8.13. The number of nitriles is 1. The Morgan fingerprint density at radius 3 is 2.59 bits per heavy atom. The van der Waals surface area contributed by atoms with Crippen molar-refractivity contribution in [3.8, 4) is 11.8 Å². The molecule has 1 saturated heterocycles. The van der Waals surface area contributed by atoms with E-state index >= 15 is 0 Å². The van der Waals surface area contributed by atoms with Crippen molar-refractivity contribution in [3.63, 3.8) is 0 Å². The molecule has 0 bridgehead atoms. The summed E-state index contributed by atoms with van der Waals surface area (Å²) >= 11 is 0. The average Bonchev–Trinajstić information content (AvgIpc) is 2.34. The summed E-state index contributed by atoms with van der Waals surface area (Å²) in [5.41, 5.74) is 0.479. The van der Waals surface area contributed by atoms with Gasteiger partial charge < -0.3 is 9.64 Å². The number of nitrogens with zero attached hydrogens (tertiary/aromatic N) is 2. The van der Waals surface area contributed by atoms with Crippen LogP contribution in [0.15, 0.2) is 24.3 Å². The largest absolute Gasteiger partial charge is 0.486 e. The summed E-state index contributed by atoms with van der Waals surface area (Å²) in [6.07, 6.45) is 2.01. The molecule has 0 spiro atoms. The highest BCUT2D eigenvalue weighted by Crippen LogP contribution is 2.29. The quantitative estimate of drug-likeness (QED) is 0.783. The molecule has 0 N–H and O–H groups in total. The summed E-state index contributed by atoms with van der Waals surface area (Å²) in [6.45, 7) is 4.23. The second-order valence-electron chi connectivity index (χ2n) is 4.96. The lowest BCUT2D eigenvalue weighted by Crippen LogP contribution is -2.44. The maximum absolute atomic E-state index is 9.04. The summed E-state index contributed by atoms with van der Waals surface area (Å²) in [4.78, 5) is 2.31. The fourth-order valence-corrected chi connectivity index (χ4v) is 2.11. The summed E-state index contributed by atoms with van der Waals surface area (Å²) in [7, 11) is 2.13. The van der Waals surface area contributed by atoms with Crippen molar-refractivity contribution in [3.05, 3.63) is 29.8 Å². The van der Waals surface area contributed by atoms with E-state index in [1.165, 1.54) is 0 Å². The minimum atomic E-state index is -0.139.